The summed E-state index contributed by atoms with van der Waals surface area (Å²) in [5.41, 5.74) is -2.12. The van der Waals surface area contributed by atoms with E-state index in [0.717, 1.165) is 12.1 Å². The van der Waals surface area contributed by atoms with E-state index in [4.69, 9.17) is 4.74 Å². The predicted molar refractivity (Wildman–Crippen MR) is 64.2 cm³/mol. The van der Waals surface area contributed by atoms with Gasteiger partial charge in [-0.15, -0.1) is 0 Å². The molecule has 0 aromatic heterocycles. The molecule has 110 valence electrons. The Balaban J connectivity index is 2.02. The maximum Gasteiger partial charge on any atom is 0.416 e. The number of aliphatic hydroxyl groups is 1. The molecular formula is C13H14F3NO3. The van der Waals surface area contributed by atoms with Gasteiger partial charge in [0.2, 0.25) is 0 Å². The minimum Gasteiger partial charge on any atom is -0.386 e. The third-order valence-corrected chi connectivity index (χ3v) is 3.11. The maximum atomic E-state index is 12.5. The lowest BCUT2D eigenvalue weighted by Crippen LogP contribution is -2.43. The second-order valence-corrected chi connectivity index (χ2v) is 4.79. The highest BCUT2D eigenvalue weighted by atomic mass is 19.4. The van der Waals surface area contributed by atoms with Crippen LogP contribution in [-0.4, -0.2) is 36.4 Å². The summed E-state index contributed by atoms with van der Waals surface area (Å²) in [6, 6.07) is 4.14. The number of carbonyl (C=O) groups is 1. The second-order valence-electron chi connectivity index (χ2n) is 4.79. The van der Waals surface area contributed by atoms with E-state index >= 15 is 0 Å². The van der Waals surface area contributed by atoms with Crippen molar-refractivity contribution in [2.75, 3.05) is 19.8 Å². The van der Waals surface area contributed by atoms with E-state index in [1.54, 1.807) is 0 Å². The van der Waals surface area contributed by atoms with Crippen molar-refractivity contribution in [2.45, 2.75) is 18.2 Å². The van der Waals surface area contributed by atoms with Crippen molar-refractivity contribution in [3.63, 3.8) is 0 Å². The van der Waals surface area contributed by atoms with Crippen LogP contribution in [0.4, 0.5) is 13.2 Å². The molecule has 1 unspecified atom stereocenters. The molecular weight excluding hydrogens is 275 g/mol. The molecule has 0 spiro atoms. The molecule has 1 atom stereocenters. The Bertz CT molecular complexity index is 496. The normalized spacial score (nSPS) is 22.8. The topological polar surface area (TPSA) is 58.6 Å². The van der Waals surface area contributed by atoms with E-state index in [0.29, 0.717) is 13.0 Å². The summed E-state index contributed by atoms with van der Waals surface area (Å²) in [5, 5.41) is 12.4. The first-order valence-corrected chi connectivity index (χ1v) is 6.06. The van der Waals surface area contributed by atoms with E-state index in [1.807, 2.05) is 0 Å². The summed E-state index contributed by atoms with van der Waals surface area (Å²) < 4.78 is 42.6. The number of amides is 1. The third-order valence-electron chi connectivity index (χ3n) is 3.11. The van der Waals surface area contributed by atoms with Crippen molar-refractivity contribution in [1.82, 2.24) is 5.32 Å². The number of rotatable bonds is 3. The molecule has 0 saturated carbocycles. The van der Waals surface area contributed by atoms with E-state index in [9.17, 15) is 23.1 Å². The van der Waals surface area contributed by atoms with Crippen molar-refractivity contribution >= 4 is 5.91 Å². The maximum absolute atomic E-state index is 12.5. The van der Waals surface area contributed by atoms with Crippen LogP contribution in [0.25, 0.3) is 0 Å². The lowest BCUT2D eigenvalue weighted by molar-refractivity contribution is -0.137. The Morgan fingerprint density at radius 2 is 2.20 bits per heavy atom. The fourth-order valence-electron chi connectivity index (χ4n) is 1.92. The van der Waals surface area contributed by atoms with Gasteiger partial charge in [-0.25, -0.2) is 0 Å². The van der Waals surface area contributed by atoms with Crippen molar-refractivity contribution in [1.29, 1.82) is 0 Å². The largest absolute Gasteiger partial charge is 0.416 e. The lowest BCUT2D eigenvalue weighted by atomic mass is 10.0. The van der Waals surface area contributed by atoms with Crippen LogP contribution < -0.4 is 5.32 Å². The van der Waals surface area contributed by atoms with Gasteiger partial charge in [-0.1, -0.05) is 6.07 Å². The van der Waals surface area contributed by atoms with Gasteiger partial charge in [0, 0.05) is 25.1 Å². The summed E-state index contributed by atoms with van der Waals surface area (Å²) in [4.78, 5) is 11.8. The summed E-state index contributed by atoms with van der Waals surface area (Å²) in [6.07, 6.45) is -4.11. The van der Waals surface area contributed by atoms with Gasteiger partial charge in [0.05, 0.1) is 12.2 Å². The number of halogens is 3. The van der Waals surface area contributed by atoms with Crippen molar-refractivity contribution in [2.24, 2.45) is 0 Å². The summed E-state index contributed by atoms with van der Waals surface area (Å²) in [7, 11) is 0. The number of carbonyl (C=O) groups excluding carboxylic acids is 1. The first-order valence-electron chi connectivity index (χ1n) is 6.06. The number of ether oxygens (including phenoxy) is 1. The van der Waals surface area contributed by atoms with Crippen LogP contribution in [0.5, 0.6) is 0 Å². The number of alkyl halides is 3. The summed E-state index contributed by atoms with van der Waals surface area (Å²) in [5.74, 6) is -0.656. The van der Waals surface area contributed by atoms with Gasteiger partial charge in [0.25, 0.3) is 5.91 Å². The molecule has 1 aromatic rings. The molecule has 1 heterocycles. The molecule has 1 aliphatic rings. The van der Waals surface area contributed by atoms with Gasteiger partial charge in [-0.2, -0.15) is 13.2 Å². The van der Waals surface area contributed by atoms with Gasteiger partial charge in [-0.05, 0) is 18.2 Å². The number of nitrogens with one attached hydrogen (secondary N) is 1. The van der Waals surface area contributed by atoms with E-state index in [-0.39, 0.29) is 18.7 Å². The summed E-state index contributed by atoms with van der Waals surface area (Å²) in [6.45, 7) is 0.452. The van der Waals surface area contributed by atoms with Crippen LogP contribution in [0, 0.1) is 0 Å². The number of hydrogen-bond donors (Lipinski definition) is 2. The van der Waals surface area contributed by atoms with Crippen LogP contribution in [0.1, 0.15) is 22.3 Å². The Kier molecular flexibility index (Phi) is 4.01. The molecule has 20 heavy (non-hydrogen) atoms. The minimum absolute atomic E-state index is 0.0535. The Labute approximate surface area is 113 Å². The highest BCUT2D eigenvalue weighted by Crippen LogP contribution is 2.29. The zero-order valence-electron chi connectivity index (χ0n) is 10.5. The monoisotopic (exact) mass is 289 g/mol. The zero-order chi connectivity index (χ0) is 14.8. The molecule has 0 bridgehead atoms. The fraction of sp³-hybridized carbons (Fsp3) is 0.462. The molecule has 0 radical (unpaired) electrons. The van der Waals surface area contributed by atoms with Gasteiger partial charge >= 0.3 is 6.18 Å². The highest BCUT2D eigenvalue weighted by Gasteiger charge is 2.33. The van der Waals surface area contributed by atoms with Gasteiger partial charge in [0.1, 0.15) is 5.60 Å². The average Bonchev–Trinajstić information content (AvgIpc) is 2.83. The van der Waals surface area contributed by atoms with Crippen molar-refractivity contribution < 1.29 is 27.8 Å². The molecule has 7 heteroatoms. The van der Waals surface area contributed by atoms with Gasteiger partial charge in [-0.3, -0.25) is 4.79 Å². The molecule has 4 nitrogen and oxygen atoms in total. The Morgan fingerprint density at radius 3 is 2.80 bits per heavy atom. The molecule has 1 saturated heterocycles. The van der Waals surface area contributed by atoms with E-state index in [1.165, 1.54) is 12.1 Å². The third kappa shape index (κ3) is 3.49. The van der Waals surface area contributed by atoms with E-state index in [2.05, 4.69) is 5.32 Å². The van der Waals surface area contributed by atoms with Crippen LogP contribution >= 0.6 is 0 Å². The van der Waals surface area contributed by atoms with Gasteiger partial charge in [0.15, 0.2) is 0 Å². The lowest BCUT2D eigenvalue weighted by Gasteiger charge is -2.20. The fourth-order valence-corrected chi connectivity index (χ4v) is 1.92. The number of hydrogen-bond acceptors (Lipinski definition) is 3. The van der Waals surface area contributed by atoms with Crippen LogP contribution in [0.3, 0.4) is 0 Å². The van der Waals surface area contributed by atoms with Crippen LogP contribution in [0.2, 0.25) is 0 Å². The van der Waals surface area contributed by atoms with E-state index < -0.39 is 23.2 Å². The zero-order valence-corrected chi connectivity index (χ0v) is 10.5. The molecule has 1 amide bonds. The van der Waals surface area contributed by atoms with Crippen molar-refractivity contribution in [3.05, 3.63) is 35.4 Å². The molecule has 1 aromatic carbocycles. The van der Waals surface area contributed by atoms with Gasteiger partial charge < -0.3 is 15.2 Å². The average molecular weight is 289 g/mol. The SMILES string of the molecule is O=C(NCC1(O)CCOC1)c1cccc(C(F)(F)F)c1. The highest BCUT2D eigenvalue weighted by molar-refractivity contribution is 5.94. The van der Waals surface area contributed by atoms with Crippen LogP contribution in [0.15, 0.2) is 24.3 Å². The predicted octanol–water partition coefficient (Wildman–Crippen LogP) is 1.59. The molecule has 1 aliphatic heterocycles. The quantitative estimate of drug-likeness (QED) is 0.888. The molecule has 2 N–H and O–H groups in total. The molecule has 2 rings (SSSR count). The number of benzene rings is 1. The van der Waals surface area contributed by atoms with Crippen LogP contribution in [-0.2, 0) is 10.9 Å². The summed E-state index contributed by atoms with van der Waals surface area (Å²) >= 11 is 0. The molecule has 0 aliphatic carbocycles. The first-order chi connectivity index (χ1) is 9.30. The molecule has 1 fully saturated rings. The Hall–Kier alpha value is -1.60. The first kappa shape index (κ1) is 14.8. The minimum atomic E-state index is -4.49. The smallest absolute Gasteiger partial charge is 0.386 e. The van der Waals surface area contributed by atoms with Crippen molar-refractivity contribution in [3.8, 4) is 0 Å². The second kappa shape index (κ2) is 5.41. The standard InChI is InChI=1S/C13H14F3NO3/c14-13(15,16)10-3-1-2-9(6-10)11(18)17-7-12(19)4-5-20-8-12/h1-3,6,19H,4-5,7-8H2,(H,17,18). The Morgan fingerprint density at radius 1 is 1.45 bits per heavy atom.